The quantitative estimate of drug-likeness (QED) is 0.415. The molecule has 0 atom stereocenters. The van der Waals surface area contributed by atoms with E-state index in [4.69, 9.17) is 0 Å². The number of aromatic nitrogens is 2. The predicted molar refractivity (Wildman–Crippen MR) is 107 cm³/mol. The Labute approximate surface area is 161 Å². The van der Waals surface area contributed by atoms with Crippen molar-refractivity contribution in [3.8, 4) is 6.07 Å². The van der Waals surface area contributed by atoms with Gasteiger partial charge in [-0.25, -0.2) is 4.98 Å². The molecule has 3 aromatic rings. The number of hydrogen-bond donors (Lipinski definition) is 1. The van der Waals surface area contributed by atoms with Crippen LogP contribution in [0.4, 0.5) is 5.69 Å². The number of carbonyl (C=O) groups is 1. The molecule has 130 valence electrons. The first-order valence-corrected chi connectivity index (χ1v) is 9.21. The summed E-state index contributed by atoms with van der Waals surface area (Å²) in [5.41, 5.74) is 2.40. The molecule has 0 unspecified atom stereocenters. The van der Waals surface area contributed by atoms with Crippen LogP contribution < -0.4 is 4.90 Å². The minimum Gasteiger partial charge on any atom is -0.305 e. The fourth-order valence-electron chi connectivity index (χ4n) is 2.60. The van der Waals surface area contributed by atoms with Gasteiger partial charge in [-0.2, -0.15) is 5.26 Å². The van der Waals surface area contributed by atoms with Crippen LogP contribution in [0, 0.1) is 11.3 Å². The van der Waals surface area contributed by atoms with E-state index in [9.17, 15) is 10.1 Å². The molecule has 5 nitrogen and oxygen atoms in total. The van der Waals surface area contributed by atoms with Gasteiger partial charge in [-0.05, 0) is 55.8 Å². The van der Waals surface area contributed by atoms with Crippen LogP contribution in [0.1, 0.15) is 19.4 Å². The molecule has 7 heteroatoms. The first-order valence-electron chi connectivity index (χ1n) is 7.94. The summed E-state index contributed by atoms with van der Waals surface area (Å²) >= 11 is 5.74. The van der Waals surface area contributed by atoms with Crippen LogP contribution in [0.3, 0.4) is 0 Å². The summed E-state index contributed by atoms with van der Waals surface area (Å²) in [6.07, 6.45) is 4.83. The third-order valence-electron chi connectivity index (χ3n) is 3.74. The second kappa shape index (κ2) is 7.68. The third kappa shape index (κ3) is 3.77. The first-order chi connectivity index (χ1) is 12.5. The highest BCUT2D eigenvalue weighted by Crippen LogP contribution is 2.30. The molecule has 2 aromatic heterocycles. The Morgan fingerprint density at radius 3 is 2.69 bits per heavy atom. The maximum atomic E-state index is 13.1. The molecular formula is C19H16N4OS2. The van der Waals surface area contributed by atoms with Gasteiger partial charge in [0.25, 0.3) is 5.91 Å². The van der Waals surface area contributed by atoms with E-state index >= 15 is 0 Å². The lowest BCUT2D eigenvalue weighted by molar-refractivity contribution is -0.115. The van der Waals surface area contributed by atoms with Crippen molar-refractivity contribution in [3.05, 3.63) is 53.9 Å². The average molecular weight is 380 g/mol. The zero-order chi connectivity index (χ0) is 18.7. The maximum Gasteiger partial charge on any atom is 0.269 e. The number of fused-ring (bicyclic) bond motifs is 1. The van der Waals surface area contributed by atoms with Crippen LogP contribution in [-0.4, -0.2) is 21.9 Å². The molecular weight excluding hydrogens is 364 g/mol. The summed E-state index contributed by atoms with van der Waals surface area (Å²) < 4.78 is 1.62. The smallest absolute Gasteiger partial charge is 0.269 e. The van der Waals surface area contributed by atoms with Crippen LogP contribution in [0.5, 0.6) is 0 Å². The number of anilines is 1. The average Bonchev–Trinajstić information content (AvgIpc) is 2.99. The Bertz CT molecular complexity index is 1020. The number of hydrogen-bond acceptors (Lipinski definition) is 6. The van der Waals surface area contributed by atoms with E-state index < -0.39 is 0 Å². The Morgan fingerprint density at radius 1 is 1.31 bits per heavy atom. The van der Waals surface area contributed by atoms with Gasteiger partial charge >= 0.3 is 0 Å². The molecule has 0 aliphatic heterocycles. The second-order valence-corrected chi connectivity index (χ2v) is 7.62. The Kier molecular flexibility index (Phi) is 5.35. The minimum absolute atomic E-state index is 0.0733. The second-order valence-electron chi connectivity index (χ2n) is 5.87. The molecule has 0 saturated carbocycles. The first kappa shape index (κ1) is 18.1. The number of pyridine rings is 1. The van der Waals surface area contributed by atoms with Crippen LogP contribution in [0.2, 0.25) is 0 Å². The number of nitrogens with zero attached hydrogens (tertiary/aromatic N) is 4. The molecule has 26 heavy (non-hydrogen) atoms. The summed E-state index contributed by atoms with van der Waals surface area (Å²) in [7, 11) is 0. The van der Waals surface area contributed by atoms with Crippen LogP contribution in [0.15, 0.2) is 52.6 Å². The zero-order valence-electron chi connectivity index (χ0n) is 14.2. The monoisotopic (exact) mass is 380 g/mol. The highest BCUT2D eigenvalue weighted by Gasteiger charge is 2.23. The van der Waals surface area contributed by atoms with Gasteiger partial charge < -0.3 is 4.90 Å². The van der Waals surface area contributed by atoms with E-state index in [0.717, 1.165) is 21.5 Å². The van der Waals surface area contributed by atoms with Crippen molar-refractivity contribution < 1.29 is 4.79 Å². The Balaban J connectivity index is 2.01. The summed E-state index contributed by atoms with van der Waals surface area (Å²) in [6, 6.07) is 11.0. The highest BCUT2D eigenvalue weighted by atomic mass is 32.2. The van der Waals surface area contributed by atoms with Crippen LogP contribution in [0.25, 0.3) is 16.3 Å². The number of rotatable bonds is 4. The van der Waals surface area contributed by atoms with Crippen LogP contribution in [-0.2, 0) is 4.79 Å². The summed E-state index contributed by atoms with van der Waals surface area (Å²) in [6.45, 7) is 3.83. The predicted octanol–water partition coefficient (Wildman–Crippen LogP) is 4.33. The molecule has 0 radical (unpaired) electrons. The fraction of sp³-hybridized carbons (Fsp3) is 0.158. The van der Waals surface area contributed by atoms with Gasteiger partial charge in [-0.1, -0.05) is 0 Å². The third-order valence-corrected chi connectivity index (χ3v) is 4.94. The van der Waals surface area contributed by atoms with Crippen molar-refractivity contribution in [1.82, 2.24) is 9.97 Å². The van der Waals surface area contributed by atoms with Gasteiger partial charge in [0.05, 0.1) is 10.2 Å². The molecule has 1 amide bonds. The lowest BCUT2D eigenvalue weighted by Crippen LogP contribution is -2.37. The lowest BCUT2D eigenvalue weighted by atomic mass is 10.1. The van der Waals surface area contributed by atoms with Crippen LogP contribution >= 0.6 is 24.0 Å². The number of amides is 1. The number of benzene rings is 1. The highest BCUT2D eigenvalue weighted by molar-refractivity contribution is 7.82. The van der Waals surface area contributed by atoms with E-state index in [1.807, 2.05) is 38.1 Å². The molecule has 2 heterocycles. The molecule has 0 aliphatic rings. The topological polar surface area (TPSA) is 69.9 Å². The Hall–Kier alpha value is -2.69. The summed E-state index contributed by atoms with van der Waals surface area (Å²) in [4.78, 5) is 22.9. The fourth-order valence-corrected chi connectivity index (χ4v) is 3.74. The van der Waals surface area contributed by atoms with Crippen molar-refractivity contribution in [2.75, 3.05) is 4.90 Å². The molecule has 3 rings (SSSR count). The number of nitriles is 1. The van der Waals surface area contributed by atoms with E-state index in [-0.39, 0.29) is 17.5 Å². The van der Waals surface area contributed by atoms with Gasteiger partial charge in [0.1, 0.15) is 16.0 Å². The molecule has 0 saturated heterocycles. The van der Waals surface area contributed by atoms with E-state index in [1.165, 1.54) is 11.3 Å². The molecule has 0 fully saturated rings. The lowest BCUT2D eigenvalue weighted by Gasteiger charge is -2.26. The van der Waals surface area contributed by atoms with Crippen molar-refractivity contribution in [2.24, 2.45) is 0 Å². The van der Waals surface area contributed by atoms with Gasteiger partial charge in [0.2, 0.25) is 0 Å². The van der Waals surface area contributed by atoms with Crippen molar-refractivity contribution in [1.29, 1.82) is 5.26 Å². The van der Waals surface area contributed by atoms with E-state index in [0.29, 0.717) is 4.34 Å². The molecule has 0 aliphatic carbocycles. The number of thiol groups is 1. The van der Waals surface area contributed by atoms with Gasteiger partial charge in [0.15, 0.2) is 0 Å². The van der Waals surface area contributed by atoms with Crippen molar-refractivity contribution in [3.63, 3.8) is 0 Å². The van der Waals surface area contributed by atoms with Gasteiger partial charge in [-0.3, -0.25) is 9.78 Å². The normalized spacial score (nSPS) is 11.6. The molecule has 0 spiro atoms. The zero-order valence-corrected chi connectivity index (χ0v) is 16.0. The minimum atomic E-state index is -0.339. The summed E-state index contributed by atoms with van der Waals surface area (Å²) in [5, 5.41) is 9.51. The van der Waals surface area contributed by atoms with E-state index in [2.05, 4.69) is 22.6 Å². The standard InChI is InChI=1S/C19H16N4OS2/c1-12(2)23(15-3-4-16-17(10-15)26-19(25)22-16)18(24)14(11-20)9-13-5-7-21-8-6-13/h3-10,12H,1-2H3,(H,22,25)/b14-9-. The van der Waals surface area contributed by atoms with E-state index in [1.54, 1.807) is 35.5 Å². The number of thiazole rings is 1. The molecule has 0 N–H and O–H groups in total. The summed E-state index contributed by atoms with van der Waals surface area (Å²) in [5.74, 6) is -0.339. The van der Waals surface area contributed by atoms with Gasteiger partial charge in [0, 0.05) is 24.1 Å². The number of carbonyl (C=O) groups excluding carboxylic acids is 1. The SMILES string of the molecule is CC(C)N(C(=O)/C(C#N)=C\c1ccncc1)c1ccc2nc(S)sc2c1. The molecule has 1 aromatic carbocycles. The largest absolute Gasteiger partial charge is 0.305 e. The maximum absolute atomic E-state index is 13.1. The molecule has 0 bridgehead atoms. The van der Waals surface area contributed by atoms with Crippen molar-refractivity contribution in [2.45, 2.75) is 24.2 Å². The van der Waals surface area contributed by atoms with Gasteiger partial charge in [-0.15, -0.1) is 24.0 Å². The Morgan fingerprint density at radius 2 is 2.04 bits per heavy atom. The van der Waals surface area contributed by atoms with Crippen molar-refractivity contribution >= 4 is 51.9 Å².